The van der Waals surface area contributed by atoms with Gasteiger partial charge in [-0.25, -0.2) is 0 Å². The molecule has 1 aromatic carbocycles. The second kappa shape index (κ2) is 7.43. The fraction of sp³-hybridized carbons (Fsp3) is 0.562. The Morgan fingerprint density at radius 3 is 3.00 bits per heavy atom. The van der Waals surface area contributed by atoms with Crippen LogP contribution < -0.4 is 11.1 Å². The first-order valence-corrected chi connectivity index (χ1v) is 7.47. The van der Waals surface area contributed by atoms with Crippen molar-refractivity contribution in [2.24, 2.45) is 5.92 Å². The molecule has 0 radical (unpaired) electrons. The number of nitrogens with two attached hydrogens (primary N) is 1. The molecule has 1 fully saturated rings. The van der Waals surface area contributed by atoms with Crippen molar-refractivity contribution >= 4 is 17.3 Å². The van der Waals surface area contributed by atoms with E-state index in [2.05, 4.69) is 5.32 Å². The fourth-order valence-corrected chi connectivity index (χ4v) is 2.62. The molecule has 116 valence electrons. The minimum atomic E-state index is -0.0162. The monoisotopic (exact) mass is 291 g/mol. The lowest BCUT2D eigenvalue weighted by molar-refractivity contribution is -0.117. The maximum absolute atomic E-state index is 12.0. The number of nitrogens with zero attached hydrogens (tertiary/aromatic N) is 1. The SMILES string of the molecule is Cc1ccc(NC(=O)CN(C)CC2CCCOC2)cc1N. The van der Waals surface area contributed by atoms with Crippen molar-refractivity contribution in [2.45, 2.75) is 19.8 Å². The van der Waals surface area contributed by atoms with Crippen molar-refractivity contribution in [1.82, 2.24) is 4.90 Å². The largest absolute Gasteiger partial charge is 0.398 e. The number of carbonyl (C=O) groups excluding carboxylic acids is 1. The molecule has 1 aromatic rings. The Bertz CT molecular complexity index is 484. The van der Waals surface area contributed by atoms with Gasteiger partial charge < -0.3 is 15.8 Å². The molecule has 3 N–H and O–H groups in total. The van der Waals surface area contributed by atoms with Gasteiger partial charge in [0.1, 0.15) is 0 Å². The van der Waals surface area contributed by atoms with Gasteiger partial charge in [-0.05, 0) is 50.4 Å². The molecule has 0 aromatic heterocycles. The third-order valence-electron chi connectivity index (χ3n) is 3.80. The molecule has 5 nitrogen and oxygen atoms in total. The third kappa shape index (κ3) is 5.02. The molecule has 21 heavy (non-hydrogen) atoms. The number of benzene rings is 1. The average molecular weight is 291 g/mol. The van der Waals surface area contributed by atoms with E-state index in [0.717, 1.165) is 37.4 Å². The highest BCUT2D eigenvalue weighted by Gasteiger charge is 2.17. The van der Waals surface area contributed by atoms with Gasteiger partial charge in [0.15, 0.2) is 0 Å². The highest BCUT2D eigenvalue weighted by atomic mass is 16.5. The lowest BCUT2D eigenvalue weighted by Crippen LogP contribution is -2.36. The predicted molar refractivity (Wildman–Crippen MR) is 85.3 cm³/mol. The van der Waals surface area contributed by atoms with Crippen LogP contribution >= 0.6 is 0 Å². The zero-order valence-electron chi connectivity index (χ0n) is 12.9. The third-order valence-corrected chi connectivity index (χ3v) is 3.80. The van der Waals surface area contributed by atoms with Gasteiger partial charge in [0.2, 0.25) is 5.91 Å². The van der Waals surface area contributed by atoms with Gasteiger partial charge in [-0.3, -0.25) is 9.69 Å². The van der Waals surface area contributed by atoms with Crippen LogP contribution in [0.5, 0.6) is 0 Å². The Morgan fingerprint density at radius 2 is 2.33 bits per heavy atom. The summed E-state index contributed by atoms with van der Waals surface area (Å²) in [5.74, 6) is 0.518. The number of anilines is 2. The molecule has 1 saturated heterocycles. The standard InChI is InChI=1S/C16H25N3O2/c1-12-5-6-14(8-15(12)17)18-16(20)10-19(2)9-13-4-3-7-21-11-13/h5-6,8,13H,3-4,7,9-11,17H2,1-2H3,(H,18,20). The zero-order chi connectivity index (χ0) is 15.2. The maximum Gasteiger partial charge on any atom is 0.238 e. The molecule has 1 unspecified atom stereocenters. The van der Waals surface area contributed by atoms with Crippen LogP contribution in [0.4, 0.5) is 11.4 Å². The summed E-state index contributed by atoms with van der Waals surface area (Å²) in [5, 5.41) is 2.89. The number of nitrogens with one attached hydrogen (secondary N) is 1. The number of nitrogen functional groups attached to an aromatic ring is 1. The molecule has 1 heterocycles. The second-order valence-corrected chi connectivity index (χ2v) is 5.90. The van der Waals surface area contributed by atoms with Gasteiger partial charge >= 0.3 is 0 Å². The molecule has 0 bridgehead atoms. The molecule has 2 rings (SSSR count). The first-order chi connectivity index (χ1) is 10.0. The summed E-state index contributed by atoms with van der Waals surface area (Å²) in [6.45, 7) is 4.89. The Labute approximate surface area is 126 Å². The predicted octanol–water partition coefficient (Wildman–Crippen LogP) is 1.87. The number of rotatable bonds is 5. The number of likely N-dealkylation sites (N-methyl/N-ethyl adjacent to an activating group) is 1. The average Bonchev–Trinajstić information content (AvgIpc) is 2.43. The van der Waals surface area contributed by atoms with Crippen molar-refractivity contribution in [3.8, 4) is 0 Å². The number of ether oxygens (including phenoxy) is 1. The Hall–Kier alpha value is -1.59. The molecule has 1 aliphatic rings. The zero-order valence-corrected chi connectivity index (χ0v) is 12.9. The Morgan fingerprint density at radius 1 is 1.52 bits per heavy atom. The maximum atomic E-state index is 12.0. The van der Waals surface area contributed by atoms with Gasteiger partial charge in [-0.2, -0.15) is 0 Å². The van der Waals surface area contributed by atoms with E-state index >= 15 is 0 Å². The van der Waals surface area contributed by atoms with E-state index in [-0.39, 0.29) is 5.91 Å². The lowest BCUT2D eigenvalue weighted by atomic mass is 10.0. The van der Waals surface area contributed by atoms with E-state index in [9.17, 15) is 4.79 Å². The summed E-state index contributed by atoms with van der Waals surface area (Å²) < 4.78 is 5.47. The van der Waals surface area contributed by atoms with Gasteiger partial charge in [0.25, 0.3) is 0 Å². The van der Waals surface area contributed by atoms with Crippen molar-refractivity contribution in [3.63, 3.8) is 0 Å². The van der Waals surface area contributed by atoms with Crippen LogP contribution in [-0.4, -0.2) is 44.2 Å². The molecule has 1 aliphatic heterocycles. The summed E-state index contributed by atoms with van der Waals surface area (Å²) in [7, 11) is 1.97. The fourth-order valence-electron chi connectivity index (χ4n) is 2.62. The van der Waals surface area contributed by atoms with Crippen LogP contribution in [0.25, 0.3) is 0 Å². The molecule has 1 atom stereocenters. The second-order valence-electron chi connectivity index (χ2n) is 5.90. The first kappa shape index (κ1) is 15.8. The van der Waals surface area contributed by atoms with E-state index in [4.69, 9.17) is 10.5 Å². The van der Waals surface area contributed by atoms with Crippen LogP contribution in [0.3, 0.4) is 0 Å². The van der Waals surface area contributed by atoms with Gasteiger partial charge in [0, 0.05) is 24.5 Å². The number of aryl methyl sites for hydroxylation is 1. The van der Waals surface area contributed by atoms with Crippen molar-refractivity contribution in [1.29, 1.82) is 0 Å². The molecule has 0 saturated carbocycles. The highest BCUT2D eigenvalue weighted by molar-refractivity contribution is 5.92. The van der Waals surface area contributed by atoms with Crippen LogP contribution in [0.1, 0.15) is 18.4 Å². The Kier molecular flexibility index (Phi) is 5.59. The van der Waals surface area contributed by atoms with Crippen LogP contribution in [0.2, 0.25) is 0 Å². The van der Waals surface area contributed by atoms with Crippen LogP contribution in [0, 0.1) is 12.8 Å². The molecule has 0 spiro atoms. The summed E-state index contributed by atoms with van der Waals surface area (Å²) in [6.07, 6.45) is 2.30. The van der Waals surface area contributed by atoms with Crippen LogP contribution in [-0.2, 0) is 9.53 Å². The van der Waals surface area contributed by atoms with Gasteiger partial charge in [-0.1, -0.05) is 6.07 Å². The molecule has 0 aliphatic carbocycles. The highest BCUT2D eigenvalue weighted by Crippen LogP contribution is 2.17. The first-order valence-electron chi connectivity index (χ1n) is 7.47. The summed E-state index contributed by atoms with van der Waals surface area (Å²) in [5.41, 5.74) is 8.30. The Balaban J connectivity index is 1.78. The number of hydrogen-bond donors (Lipinski definition) is 2. The van der Waals surface area contributed by atoms with Crippen molar-refractivity contribution < 1.29 is 9.53 Å². The van der Waals surface area contributed by atoms with Crippen LogP contribution in [0.15, 0.2) is 18.2 Å². The molecular formula is C16H25N3O2. The topological polar surface area (TPSA) is 67.6 Å². The summed E-state index contributed by atoms with van der Waals surface area (Å²) >= 11 is 0. The minimum Gasteiger partial charge on any atom is -0.398 e. The number of hydrogen-bond acceptors (Lipinski definition) is 4. The van der Waals surface area contributed by atoms with E-state index in [0.29, 0.717) is 18.2 Å². The molecule has 5 heteroatoms. The summed E-state index contributed by atoms with van der Waals surface area (Å²) in [4.78, 5) is 14.1. The smallest absolute Gasteiger partial charge is 0.238 e. The molecular weight excluding hydrogens is 266 g/mol. The number of carbonyl (C=O) groups is 1. The van der Waals surface area contributed by atoms with Crippen molar-refractivity contribution in [3.05, 3.63) is 23.8 Å². The number of amides is 1. The lowest BCUT2D eigenvalue weighted by Gasteiger charge is -2.26. The van der Waals surface area contributed by atoms with Gasteiger partial charge in [-0.15, -0.1) is 0 Å². The quantitative estimate of drug-likeness (QED) is 0.813. The van der Waals surface area contributed by atoms with Gasteiger partial charge in [0.05, 0.1) is 13.2 Å². The normalized spacial score (nSPS) is 18.7. The van der Waals surface area contributed by atoms with Crippen molar-refractivity contribution in [2.75, 3.05) is 44.4 Å². The van der Waals surface area contributed by atoms with E-state index in [1.807, 2.05) is 31.0 Å². The minimum absolute atomic E-state index is 0.0162. The molecule has 1 amide bonds. The van der Waals surface area contributed by atoms with E-state index in [1.54, 1.807) is 6.07 Å². The van der Waals surface area contributed by atoms with E-state index in [1.165, 1.54) is 6.42 Å². The summed E-state index contributed by atoms with van der Waals surface area (Å²) in [6, 6.07) is 5.58. The van der Waals surface area contributed by atoms with E-state index < -0.39 is 0 Å².